The molecule has 5 nitrogen and oxygen atoms in total. The number of likely N-dealkylation sites (tertiary alicyclic amines) is 1. The van der Waals surface area contributed by atoms with Crippen molar-refractivity contribution < 1.29 is 13.9 Å². The van der Waals surface area contributed by atoms with E-state index in [1.807, 2.05) is 23.1 Å². The van der Waals surface area contributed by atoms with Crippen molar-refractivity contribution in [2.75, 3.05) is 0 Å². The lowest BCUT2D eigenvalue weighted by molar-refractivity contribution is -0.154. The number of amides is 1. The second kappa shape index (κ2) is 6.84. The minimum Gasteiger partial charge on any atom is -0.467 e. The van der Waals surface area contributed by atoms with Crippen molar-refractivity contribution in [2.45, 2.75) is 58.0 Å². The number of aliphatic imine (C=N–C) groups is 1. The average Bonchev–Trinajstić information content (AvgIpc) is 3.40. The molecule has 1 saturated heterocycles. The second-order valence-corrected chi connectivity index (χ2v) is 9.01. The van der Waals surface area contributed by atoms with E-state index >= 15 is 0 Å². The maximum absolute atomic E-state index is 13.6. The van der Waals surface area contributed by atoms with Gasteiger partial charge >= 0.3 is 0 Å². The number of ether oxygens (including phenoxy) is 1. The van der Waals surface area contributed by atoms with Gasteiger partial charge in [0.15, 0.2) is 12.0 Å². The highest BCUT2D eigenvalue weighted by atomic mass is 16.6. The van der Waals surface area contributed by atoms with Gasteiger partial charge in [-0.05, 0) is 36.0 Å². The molecule has 5 heteroatoms. The molecule has 2 aliphatic heterocycles. The van der Waals surface area contributed by atoms with Crippen LogP contribution in [0.2, 0.25) is 0 Å². The van der Waals surface area contributed by atoms with Gasteiger partial charge in [0.1, 0.15) is 5.76 Å². The second-order valence-electron chi connectivity index (χ2n) is 9.01. The lowest BCUT2D eigenvalue weighted by atomic mass is 9.78. The number of benzene rings is 1. The van der Waals surface area contributed by atoms with Crippen molar-refractivity contribution in [3.63, 3.8) is 0 Å². The predicted molar refractivity (Wildman–Crippen MR) is 110 cm³/mol. The number of carbonyl (C=O) groups is 1. The van der Waals surface area contributed by atoms with Gasteiger partial charge in [-0.1, -0.05) is 51.1 Å². The van der Waals surface area contributed by atoms with Crippen LogP contribution in [0.3, 0.4) is 0 Å². The van der Waals surface area contributed by atoms with E-state index in [0.717, 1.165) is 17.9 Å². The van der Waals surface area contributed by atoms with Crippen molar-refractivity contribution in [3.8, 4) is 0 Å². The Kier molecular flexibility index (Phi) is 4.39. The third-order valence-corrected chi connectivity index (χ3v) is 6.94. The molecule has 1 saturated carbocycles. The zero-order chi connectivity index (χ0) is 20.2. The molecule has 2 bridgehead atoms. The molecule has 3 heterocycles. The topological polar surface area (TPSA) is 55.0 Å². The summed E-state index contributed by atoms with van der Waals surface area (Å²) in [6.07, 6.45) is 2.95. The SMILES string of the molecule is CC(C)[C@@H]1N=C2C[C@H](c3ccccc3)[C@@H](C)C3C[C@@]2(O1)N(Cc1ccco1)C3=O. The van der Waals surface area contributed by atoms with Crippen molar-refractivity contribution >= 4 is 11.6 Å². The summed E-state index contributed by atoms with van der Waals surface area (Å²) < 4.78 is 12.2. The largest absolute Gasteiger partial charge is 0.467 e. The maximum Gasteiger partial charge on any atom is 0.229 e. The molecule has 2 fully saturated rings. The fourth-order valence-corrected chi connectivity index (χ4v) is 5.28. The van der Waals surface area contributed by atoms with Gasteiger partial charge < -0.3 is 14.1 Å². The first kappa shape index (κ1) is 18.6. The molecule has 2 aromatic rings. The van der Waals surface area contributed by atoms with E-state index < -0.39 is 5.72 Å². The minimum atomic E-state index is -0.735. The fraction of sp³-hybridized carbons (Fsp3) is 0.500. The fourth-order valence-electron chi connectivity index (χ4n) is 5.28. The Hall–Kier alpha value is -2.40. The van der Waals surface area contributed by atoms with Gasteiger partial charge in [-0.3, -0.25) is 9.79 Å². The Morgan fingerprint density at radius 2 is 1.97 bits per heavy atom. The first-order valence-electron chi connectivity index (χ1n) is 10.6. The van der Waals surface area contributed by atoms with Crippen LogP contribution in [-0.2, 0) is 16.1 Å². The quantitative estimate of drug-likeness (QED) is 0.764. The van der Waals surface area contributed by atoms with Gasteiger partial charge in [0, 0.05) is 18.3 Å². The van der Waals surface area contributed by atoms with Crippen LogP contribution in [0.15, 0.2) is 58.1 Å². The number of carbonyl (C=O) groups excluding carboxylic acids is 1. The molecule has 152 valence electrons. The molecule has 29 heavy (non-hydrogen) atoms. The van der Waals surface area contributed by atoms with Gasteiger partial charge in [0.05, 0.1) is 18.5 Å². The third kappa shape index (κ3) is 2.86. The number of furan rings is 1. The molecule has 3 aliphatic rings. The van der Waals surface area contributed by atoms with Crippen molar-refractivity contribution in [3.05, 3.63) is 60.1 Å². The summed E-state index contributed by atoms with van der Waals surface area (Å²) in [5.41, 5.74) is 1.57. The Morgan fingerprint density at radius 3 is 2.66 bits per heavy atom. The summed E-state index contributed by atoms with van der Waals surface area (Å²) in [5, 5.41) is 0. The van der Waals surface area contributed by atoms with E-state index in [0.29, 0.717) is 13.0 Å². The first-order chi connectivity index (χ1) is 14.0. The lowest BCUT2D eigenvalue weighted by Crippen LogP contribution is -2.52. The Balaban J connectivity index is 1.58. The molecule has 1 aliphatic carbocycles. The standard InChI is InChI=1S/C24H28N2O3/c1-15(2)22-25-21-12-19(17-8-5-4-6-9-17)16(3)20-13-24(21,29-22)26(23(20)27)14-18-10-7-11-28-18/h4-11,15-16,19-20,22H,12-14H2,1-3H3/t16-,19+,20?,22-,24+/m1/s1. The zero-order valence-electron chi connectivity index (χ0n) is 17.2. The Labute approximate surface area is 171 Å². The Morgan fingerprint density at radius 1 is 1.17 bits per heavy atom. The van der Waals surface area contributed by atoms with Crippen LogP contribution in [0, 0.1) is 17.8 Å². The first-order valence-corrected chi connectivity index (χ1v) is 10.6. The summed E-state index contributed by atoms with van der Waals surface area (Å²) >= 11 is 0. The van der Waals surface area contributed by atoms with Gasteiger partial charge in [-0.25, -0.2) is 0 Å². The molecule has 1 aromatic heterocycles. The van der Waals surface area contributed by atoms with Gasteiger partial charge in [0.25, 0.3) is 0 Å². The number of rotatable bonds is 4. The molecule has 5 atom stereocenters. The van der Waals surface area contributed by atoms with Crippen LogP contribution in [-0.4, -0.2) is 28.5 Å². The summed E-state index contributed by atoms with van der Waals surface area (Å²) in [6, 6.07) is 14.3. The molecule has 0 radical (unpaired) electrons. The highest BCUT2D eigenvalue weighted by Gasteiger charge is 2.62. The van der Waals surface area contributed by atoms with E-state index in [-0.39, 0.29) is 35.8 Å². The van der Waals surface area contributed by atoms with Crippen LogP contribution < -0.4 is 0 Å². The van der Waals surface area contributed by atoms with Gasteiger partial charge in [-0.15, -0.1) is 0 Å². The van der Waals surface area contributed by atoms with E-state index in [1.165, 1.54) is 5.56 Å². The highest BCUT2D eigenvalue weighted by molar-refractivity contribution is 6.01. The number of nitrogens with zero attached hydrogens (tertiary/aromatic N) is 2. The van der Waals surface area contributed by atoms with Crippen molar-refractivity contribution in [1.82, 2.24) is 4.90 Å². The number of hydrogen-bond donors (Lipinski definition) is 0. The van der Waals surface area contributed by atoms with Crippen LogP contribution >= 0.6 is 0 Å². The summed E-state index contributed by atoms with van der Waals surface area (Å²) in [7, 11) is 0. The van der Waals surface area contributed by atoms with Crippen LogP contribution in [0.25, 0.3) is 0 Å². The maximum atomic E-state index is 13.6. The lowest BCUT2D eigenvalue weighted by Gasteiger charge is -2.37. The molecule has 5 rings (SSSR count). The normalized spacial score (nSPS) is 33.7. The van der Waals surface area contributed by atoms with E-state index in [4.69, 9.17) is 14.1 Å². The zero-order valence-corrected chi connectivity index (χ0v) is 17.2. The van der Waals surface area contributed by atoms with Gasteiger partial charge in [-0.2, -0.15) is 0 Å². The van der Waals surface area contributed by atoms with Crippen LogP contribution in [0.5, 0.6) is 0 Å². The molecule has 1 amide bonds. The van der Waals surface area contributed by atoms with E-state index in [9.17, 15) is 4.79 Å². The summed E-state index contributed by atoms with van der Waals surface area (Å²) in [6.45, 7) is 6.89. The number of hydrogen-bond acceptors (Lipinski definition) is 4. The summed E-state index contributed by atoms with van der Waals surface area (Å²) in [5.74, 6) is 1.61. The van der Waals surface area contributed by atoms with Gasteiger partial charge in [0.2, 0.25) is 5.91 Å². The minimum absolute atomic E-state index is 0.0752. The molecule has 1 unspecified atom stereocenters. The molecular formula is C24H28N2O3. The van der Waals surface area contributed by atoms with Crippen molar-refractivity contribution in [1.29, 1.82) is 0 Å². The van der Waals surface area contributed by atoms with E-state index in [1.54, 1.807) is 6.26 Å². The molecule has 0 N–H and O–H groups in total. The van der Waals surface area contributed by atoms with Crippen LogP contribution in [0.1, 0.15) is 50.9 Å². The van der Waals surface area contributed by atoms with E-state index in [2.05, 4.69) is 45.0 Å². The summed E-state index contributed by atoms with van der Waals surface area (Å²) in [4.78, 5) is 20.5. The Bertz CT molecular complexity index is 921. The number of fused-ring (bicyclic) bond motifs is 1. The highest BCUT2D eigenvalue weighted by Crippen LogP contribution is 2.53. The predicted octanol–water partition coefficient (Wildman–Crippen LogP) is 4.60. The van der Waals surface area contributed by atoms with Crippen LogP contribution in [0.4, 0.5) is 0 Å². The average molecular weight is 392 g/mol. The molecule has 1 spiro atoms. The monoisotopic (exact) mass is 392 g/mol. The smallest absolute Gasteiger partial charge is 0.229 e. The van der Waals surface area contributed by atoms with Crippen molar-refractivity contribution in [2.24, 2.45) is 22.7 Å². The third-order valence-electron chi connectivity index (χ3n) is 6.94. The molecular weight excluding hydrogens is 364 g/mol. The molecule has 1 aromatic carbocycles.